The van der Waals surface area contributed by atoms with Crippen LogP contribution in [0.5, 0.6) is 6.01 Å². The maximum absolute atomic E-state index is 12.7. The van der Waals surface area contributed by atoms with E-state index in [0.29, 0.717) is 0 Å². The predicted molar refractivity (Wildman–Crippen MR) is 57.8 cm³/mol. The van der Waals surface area contributed by atoms with E-state index in [2.05, 4.69) is 24.8 Å². The van der Waals surface area contributed by atoms with Crippen LogP contribution in [0.2, 0.25) is 0 Å². The molecule has 2 N–H and O–H groups in total. The van der Waals surface area contributed by atoms with Crippen LogP contribution in [0.3, 0.4) is 0 Å². The highest BCUT2D eigenvalue weighted by Gasteiger charge is 2.42. The molecule has 0 radical (unpaired) electrons. The summed E-state index contributed by atoms with van der Waals surface area (Å²) >= 11 is 0. The molecule has 2 aromatic heterocycles. The van der Waals surface area contributed by atoms with E-state index in [1.54, 1.807) is 6.07 Å². The zero-order valence-corrected chi connectivity index (χ0v) is 9.75. The van der Waals surface area contributed by atoms with Gasteiger partial charge in [0.15, 0.2) is 6.61 Å². The predicted octanol–water partition coefficient (Wildman–Crippen LogP) is 0.919. The van der Waals surface area contributed by atoms with Crippen molar-refractivity contribution in [2.45, 2.75) is 12.3 Å². The van der Waals surface area contributed by atoms with Crippen LogP contribution in [0.15, 0.2) is 18.5 Å². The molecule has 0 aliphatic heterocycles. The second kappa shape index (κ2) is 5.27. The zero-order valence-electron chi connectivity index (χ0n) is 9.75. The Labute approximate surface area is 109 Å². The lowest BCUT2D eigenvalue weighted by Crippen LogP contribution is -2.34. The van der Waals surface area contributed by atoms with Gasteiger partial charge in [-0.15, -0.1) is 0 Å². The van der Waals surface area contributed by atoms with Crippen molar-refractivity contribution in [1.82, 2.24) is 24.7 Å². The molecular weight excluding hydrogens is 284 g/mol. The first-order valence-electron chi connectivity index (χ1n) is 5.19. The van der Waals surface area contributed by atoms with E-state index in [9.17, 15) is 17.6 Å². The van der Waals surface area contributed by atoms with Crippen molar-refractivity contribution in [2.24, 2.45) is 0 Å². The minimum atomic E-state index is -4.31. The van der Waals surface area contributed by atoms with Gasteiger partial charge in [0.05, 0.1) is 0 Å². The highest BCUT2D eigenvalue weighted by atomic mass is 19.3. The lowest BCUT2D eigenvalue weighted by Gasteiger charge is -2.15. The smallest absolute Gasteiger partial charge is 0.340 e. The highest BCUT2D eigenvalue weighted by molar-refractivity contribution is 5.24. The largest absolute Gasteiger partial charge is 0.457 e. The lowest BCUT2D eigenvalue weighted by atomic mass is 10.4. The van der Waals surface area contributed by atoms with Crippen molar-refractivity contribution in [3.05, 3.63) is 18.5 Å². The summed E-state index contributed by atoms with van der Waals surface area (Å²) in [7, 11) is 0. The van der Waals surface area contributed by atoms with Crippen LogP contribution >= 0.6 is 0 Å². The van der Waals surface area contributed by atoms with E-state index < -0.39 is 25.0 Å². The Morgan fingerprint density at radius 2 is 2.05 bits per heavy atom. The van der Waals surface area contributed by atoms with E-state index >= 15 is 0 Å². The van der Waals surface area contributed by atoms with E-state index in [-0.39, 0.29) is 11.9 Å². The molecule has 2 heterocycles. The fourth-order valence-electron chi connectivity index (χ4n) is 1.14. The molecule has 0 atom stereocenters. The molecule has 0 amide bonds. The summed E-state index contributed by atoms with van der Waals surface area (Å²) in [4.78, 5) is 10.8. The molecule has 0 aliphatic rings. The minimum Gasteiger partial charge on any atom is -0.457 e. The van der Waals surface area contributed by atoms with Crippen LogP contribution in [-0.2, 0) is 0 Å². The first-order chi connectivity index (χ1) is 9.38. The third kappa shape index (κ3) is 3.10. The third-order valence-electron chi connectivity index (χ3n) is 2.04. The van der Waals surface area contributed by atoms with Crippen LogP contribution in [0, 0.1) is 0 Å². The number of nitrogen functional groups attached to an aromatic ring is 1. The van der Waals surface area contributed by atoms with Gasteiger partial charge in [0.25, 0.3) is 5.95 Å². The maximum atomic E-state index is 12.7. The first kappa shape index (κ1) is 14.0. The number of hydrogen-bond donors (Lipinski definition) is 1. The van der Waals surface area contributed by atoms with Gasteiger partial charge in [-0.3, -0.25) is 0 Å². The van der Waals surface area contributed by atoms with Crippen molar-refractivity contribution in [3.63, 3.8) is 0 Å². The number of rotatable bonds is 5. The SMILES string of the molecule is Nc1nc(OCC(F)(F)C(F)F)nc(-n2cccn2)n1. The van der Waals surface area contributed by atoms with Crippen molar-refractivity contribution in [3.8, 4) is 12.0 Å². The van der Waals surface area contributed by atoms with Crippen LogP contribution < -0.4 is 10.5 Å². The van der Waals surface area contributed by atoms with E-state index in [0.717, 1.165) is 0 Å². The Morgan fingerprint density at radius 1 is 1.30 bits per heavy atom. The fraction of sp³-hybridized carbons (Fsp3) is 0.333. The fourth-order valence-corrected chi connectivity index (χ4v) is 1.14. The van der Waals surface area contributed by atoms with Gasteiger partial charge in [-0.2, -0.15) is 28.8 Å². The van der Waals surface area contributed by atoms with E-state index in [1.165, 1.54) is 17.1 Å². The van der Waals surface area contributed by atoms with E-state index in [4.69, 9.17) is 5.73 Å². The molecule has 0 fully saturated rings. The number of ether oxygens (including phenoxy) is 1. The molecule has 20 heavy (non-hydrogen) atoms. The quantitative estimate of drug-likeness (QED) is 0.824. The normalized spacial score (nSPS) is 11.8. The minimum absolute atomic E-state index is 0.0853. The number of alkyl halides is 4. The summed E-state index contributed by atoms with van der Waals surface area (Å²) in [6.45, 7) is -1.58. The summed E-state index contributed by atoms with van der Waals surface area (Å²) in [5.41, 5.74) is 5.35. The van der Waals surface area contributed by atoms with Crippen LogP contribution in [0.25, 0.3) is 5.95 Å². The van der Waals surface area contributed by atoms with Crippen molar-refractivity contribution >= 4 is 5.95 Å². The molecule has 108 valence electrons. The second-order valence-corrected chi connectivity index (χ2v) is 3.58. The average molecular weight is 292 g/mol. The van der Waals surface area contributed by atoms with Gasteiger partial charge in [0.2, 0.25) is 5.95 Å². The highest BCUT2D eigenvalue weighted by Crippen LogP contribution is 2.23. The standard InChI is InChI=1S/C9H8F4N6O/c10-5(11)9(12,13)4-20-8-17-6(14)16-7(18-8)19-3-1-2-15-19/h1-3,5H,4H2,(H2,14,16,17,18). The van der Waals surface area contributed by atoms with Crippen molar-refractivity contribution in [1.29, 1.82) is 0 Å². The number of nitrogens with zero attached hydrogens (tertiary/aromatic N) is 5. The molecule has 0 aromatic carbocycles. The summed E-state index contributed by atoms with van der Waals surface area (Å²) in [6.07, 6.45) is -0.968. The van der Waals surface area contributed by atoms with Crippen LogP contribution in [0.4, 0.5) is 23.5 Å². The summed E-state index contributed by atoms with van der Waals surface area (Å²) in [5.74, 6) is -4.72. The summed E-state index contributed by atoms with van der Waals surface area (Å²) in [6, 6.07) is 0.967. The van der Waals surface area contributed by atoms with Crippen LogP contribution in [-0.4, -0.2) is 43.7 Å². The molecule has 2 aromatic rings. The Kier molecular flexibility index (Phi) is 3.68. The molecule has 0 saturated carbocycles. The van der Waals surface area contributed by atoms with Gasteiger partial charge in [-0.05, 0) is 6.07 Å². The Morgan fingerprint density at radius 3 is 2.65 bits per heavy atom. The van der Waals surface area contributed by atoms with Gasteiger partial charge in [-0.1, -0.05) is 0 Å². The number of hydrogen-bond acceptors (Lipinski definition) is 6. The van der Waals surface area contributed by atoms with Gasteiger partial charge in [0.1, 0.15) is 0 Å². The van der Waals surface area contributed by atoms with Gasteiger partial charge >= 0.3 is 18.4 Å². The van der Waals surface area contributed by atoms with Gasteiger partial charge in [0, 0.05) is 12.4 Å². The molecule has 0 saturated heterocycles. The number of nitrogens with two attached hydrogens (primary N) is 1. The molecule has 0 bridgehead atoms. The van der Waals surface area contributed by atoms with Gasteiger partial charge in [-0.25, -0.2) is 13.5 Å². The number of halogens is 4. The molecule has 0 spiro atoms. The first-order valence-corrected chi connectivity index (χ1v) is 5.19. The summed E-state index contributed by atoms with van der Waals surface area (Å²) in [5, 5.41) is 3.79. The number of anilines is 1. The molecule has 7 nitrogen and oxygen atoms in total. The number of aromatic nitrogens is 5. The molecule has 0 unspecified atom stereocenters. The monoisotopic (exact) mass is 292 g/mol. The lowest BCUT2D eigenvalue weighted by molar-refractivity contribution is -0.149. The van der Waals surface area contributed by atoms with Crippen molar-refractivity contribution < 1.29 is 22.3 Å². The molecule has 11 heteroatoms. The maximum Gasteiger partial charge on any atom is 0.340 e. The molecule has 0 aliphatic carbocycles. The molecular formula is C9H8F4N6O. The third-order valence-corrected chi connectivity index (χ3v) is 2.04. The van der Waals surface area contributed by atoms with E-state index in [1.807, 2.05) is 0 Å². The van der Waals surface area contributed by atoms with Crippen molar-refractivity contribution in [2.75, 3.05) is 12.3 Å². The summed E-state index contributed by atoms with van der Waals surface area (Å²) < 4.78 is 55.0. The second-order valence-electron chi connectivity index (χ2n) is 3.58. The van der Waals surface area contributed by atoms with Crippen LogP contribution in [0.1, 0.15) is 0 Å². The average Bonchev–Trinajstić information content (AvgIpc) is 2.89. The van der Waals surface area contributed by atoms with Gasteiger partial charge < -0.3 is 10.5 Å². The zero-order chi connectivity index (χ0) is 14.8. The Bertz CT molecular complexity index is 576. The topological polar surface area (TPSA) is 91.7 Å². The molecule has 2 rings (SSSR count). The Balaban J connectivity index is 2.17. The Hall–Kier alpha value is -2.46.